The first-order valence-corrected chi connectivity index (χ1v) is 7.70. The summed E-state index contributed by atoms with van der Waals surface area (Å²) in [6, 6.07) is 0.0811. The van der Waals surface area contributed by atoms with Gasteiger partial charge in [-0.25, -0.2) is 4.79 Å². The van der Waals surface area contributed by atoms with E-state index in [1.807, 2.05) is 20.8 Å². The summed E-state index contributed by atoms with van der Waals surface area (Å²) in [7, 11) is 0. The molecule has 118 valence electrons. The second kappa shape index (κ2) is 5.78. The molecule has 1 amide bonds. The zero-order valence-corrected chi connectivity index (χ0v) is 13.2. The van der Waals surface area contributed by atoms with Gasteiger partial charge in [-0.05, 0) is 51.9 Å². The number of amides is 1. The Morgan fingerprint density at radius 1 is 1.14 bits per heavy atom. The van der Waals surface area contributed by atoms with Crippen LogP contribution in [0.2, 0.25) is 0 Å². The molecular formula is C16H25NO4. The standard InChI is InChI=1S/C16H25NO4/c1-15(2,3)21-14(20)17-11-4-6-16(7-5-11)9-12(18)8-13(19)10-16/h11H,4-10H2,1-3H3,(H,17,20). The van der Waals surface area contributed by atoms with E-state index in [0.29, 0.717) is 12.8 Å². The summed E-state index contributed by atoms with van der Waals surface area (Å²) in [5.74, 6) is 0.148. The highest BCUT2D eigenvalue weighted by Gasteiger charge is 2.42. The number of carbonyl (C=O) groups is 3. The summed E-state index contributed by atoms with van der Waals surface area (Å²) in [6.07, 6.45) is 4.03. The van der Waals surface area contributed by atoms with Gasteiger partial charge in [0.25, 0.3) is 0 Å². The predicted octanol–water partition coefficient (Wildman–Crippen LogP) is 2.76. The van der Waals surface area contributed by atoms with Crippen molar-refractivity contribution in [2.24, 2.45) is 5.41 Å². The molecule has 1 N–H and O–H groups in total. The SMILES string of the molecule is CC(C)(C)OC(=O)NC1CCC2(CC1)CC(=O)CC(=O)C2. The lowest BCUT2D eigenvalue weighted by Crippen LogP contribution is -2.45. The Morgan fingerprint density at radius 3 is 2.14 bits per heavy atom. The number of Topliss-reactive ketones (excluding diaryl/α,β-unsaturated/α-hetero) is 2. The van der Waals surface area contributed by atoms with Crippen LogP contribution in [-0.2, 0) is 14.3 Å². The van der Waals surface area contributed by atoms with E-state index in [1.165, 1.54) is 0 Å². The first-order valence-electron chi connectivity index (χ1n) is 7.70. The molecule has 5 heteroatoms. The van der Waals surface area contributed by atoms with E-state index in [9.17, 15) is 14.4 Å². The summed E-state index contributed by atoms with van der Waals surface area (Å²) in [6.45, 7) is 5.51. The maximum Gasteiger partial charge on any atom is 0.407 e. The van der Waals surface area contributed by atoms with Crippen LogP contribution in [0.25, 0.3) is 0 Å². The van der Waals surface area contributed by atoms with E-state index in [0.717, 1.165) is 25.7 Å². The molecule has 0 unspecified atom stereocenters. The van der Waals surface area contributed by atoms with Gasteiger partial charge in [-0.15, -0.1) is 0 Å². The van der Waals surface area contributed by atoms with E-state index < -0.39 is 5.60 Å². The van der Waals surface area contributed by atoms with Crippen LogP contribution in [0.4, 0.5) is 4.79 Å². The van der Waals surface area contributed by atoms with Crippen molar-refractivity contribution >= 4 is 17.7 Å². The quantitative estimate of drug-likeness (QED) is 0.755. The van der Waals surface area contributed by atoms with Gasteiger partial charge in [-0.3, -0.25) is 9.59 Å². The highest BCUT2D eigenvalue weighted by Crippen LogP contribution is 2.45. The number of ketones is 2. The molecule has 2 aliphatic carbocycles. The molecule has 5 nitrogen and oxygen atoms in total. The number of hydrogen-bond acceptors (Lipinski definition) is 4. The van der Waals surface area contributed by atoms with E-state index in [-0.39, 0.29) is 35.5 Å². The third-order valence-electron chi connectivity index (χ3n) is 4.31. The number of alkyl carbamates (subject to hydrolysis) is 1. The van der Waals surface area contributed by atoms with Crippen LogP contribution < -0.4 is 5.32 Å². The van der Waals surface area contributed by atoms with Gasteiger partial charge < -0.3 is 10.1 Å². The molecule has 2 fully saturated rings. The van der Waals surface area contributed by atoms with Crippen molar-refractivity contribution in [1.82, 2.24) is 5.32 Å². The normalized spacial score (nSPS) is 23.2. The minimum Gasteiger partial charge on any atom is -0.444 e. The fraction of sp³-hybridized carbons (Fsp3) is 0.812. The molecule has 0 aromatic carbocycles. The second-order valence-electron chi connectivity index (χ2n) is 7.53. The first kappa shape index (κ1) is 16.0. The van der Waals surface area contributed by atoms with Crippen LogP contribution >= 0.6 is 0 Å². The number of carbonyl (C=O) groups excluding carboxylic acids is 3. The molecule has 0 aromatic heterocycles. The minimum absolute atomic E-state index is 0.0739. The van der Waals surface area contributed by atoms with Crippen LogP contribution in [0.3, 0.4) is 0 Å². The topological polar surface area (TPSA) is 72.5 Å². The summed E-state index contributed by atoms with van der Waals surface area (Å²) in [5.41, 5.74) is -0.638. The van der Waals surface area contributed by atoms with E-state index >= 15 is 0 Å². The predicted molar refractivity (Wildman–Crippen MR) is 77.9 cm³/mol. The first-order chi connectivity index (χ1) is 9.67. The monoisotopic (exact) mass is 295 g/mol. The van der Waals surface area contributed by atoms with Crippen LogP contribution in [0.5, 0.6) is 0 Å². The fourth-order valence-electron chi connectivity index (χ4n) is 3.45. The molecular weight excluding hydrogens is 270 g/mol. The summed E-state index contributed by atoms with van der Waals surface area (Å²) < 4.78 is 5.25. The zero-order chi connectivity index (χ0) is 15.7. The number of rotatable bonds is 1. The summed E-state index contributed by atoms with van der Waals surface area (Å²) >= 11 is 0. The summed E-state index contributed by atoms with van der Waals surface area (Å²) in [5, 5.41) is 2.89. The Morgan fingerprint density at radius 2 is 1.67 bits per heavy atom. The maximum absolute atomic E-state index is 11.8. The second-order valence-corrected chi connectivity index (χ2v) is 7.53. The summed E-state index contributed by atoms with van der Waals surface area (Å²) in [4.78, 5) is 35.1. The zero-order valence-electron chi connectivity index (χ0n) is 13.2. The third-order valence-corrected chi connectivity index (χ3v) is 4.31. The lowest BCUT2D eigenvalue weighted by molar-refractivity contribution is -0.135. The number of ether oxygens (including phenoxy) is 1. The van der Waals surface area contributed by atoms with E-state index in [4.69, 9.17) is 4.74 Å². The number of hydrogen-bond donors (Lipinski definition) is 1. The van der Waals surface area contributed by atoms with Crippen LogP contribution in [-0.4, -0.2) is 29.3 Å². The van der Waals surface area contributed by atoms with Crippen molar-refractivity contribution in [2.75, 3.05) is 0 Å². The Hall–Kier alpha value is -1.39. The van der Waals surface area contributed by atoms with Gasteiger partial charge in [0.2, 0.25) is 0 Å². The van der Waals surface area contributed by atoms with Gasteiger partial charge in [0, 0.05) is 18.9 Å². The fourth-order valence-corrected chi connectivity index (χ4v) is 3.45. The molecule has 0 heterocycles. The van der Waals surface area contributed by atoms with E-state index in [2.05, 4.69) is 5.32 Å². The molecule has 2 rings (SSSR count). The molecule has 2 saturated carbocycles. The van der Waals surface area contributed by atoms with Crippen molar-refractivity contribution in [3.63, 3.8) is 0 Å². The number of nitrogens with one attached hydrogen (secondary N) is 1. The Labute approximate surface area is 125 Å². The Bertz CT molecular complexity index is 424. The highest BCUT2D eigenvalue weighted by molar-refractivity contribution is 6.02. The molecule has 0 aromatic rings. The van der Waals surface area contributed by atoms with Crippen molar-refractivity contribution in [3.8, 4) is 0 Å². The molecule has 0 aliphatic heterocycles. The van der Waals surface area contributed by atoms with Crippen LogP contribution in [0.15, 0.2) is 0 Å². The molecule has 21 heavy (non-hydrogen) atoms. The van der Waals surface area contributed by atoms with Gasteiger partial charge in [-0.1, -0.05) is 0 Å². The van der Waals surface area contributed by atoms with Gasteiger partial charge >= 0.3 is 6.09 Å². The molecule has 0 bridgehead atoms. The minimum atomic E-state index is -0.498. The van der Waals surface area contributed by atoms with Gasteiger partial charge in [0.05, 0.1) is 6.42 Å². The lowest BCUT2D eigenvalue weighted by Gasteiger charge is -2.41. The Balaban J connectivity index is 1.84. The molecule has 0 radical (unpaired) electrons. The van der Waals surface area contributed by atoms with Gasteiger partial charge in [-0.2, -0.15) is 0 Å². The maximum atomic E-state index is 11.8. The smallest absolute Gasteiger partial charge is 0.407 e. The van der Waals surface area contributed by atoms with Crippen molar-refractivity contribution in [2.45, 2.75) is 77.4 Å². The van der Waals surface area contributed by atoms with Gasteiger partial charge in [0.15, 0.2) is 0 Å². The molecule has 0 atom stereocenters. The highest BCUT2D eigenvalue weighted by atomic mass is 16.6. The lowest BCUT2D eigenvalue weighted by atomic mass is 9.64. The molecule has 2 aliphatic rings. The third kappa shape index (κ3) is 4.55. The van der Waals surface area contributed by atoms with Gasteiger partial charge in [0.1, 0.15) is 17.2 Å². The van der Waals surface area contributed by atoms with Crippen LogP contribution in [0, 0.1) is 5.41 Å². The van der Waals surface area contributed by atoms with Crippen LogP contribution in [0.1, 0.15) is 65.7 Å². The van der Waals surface area contributed by atoms with Crippen molar-refractivity contribution < 1.29 is 19.1 Å². The van der Waals surface area contributed by atoms with E-state index in [1.54, 1.807) is 0 Å². The average molecular weight is 295 g/mol. The Kier molecular flexibility index (Phi) is 4.40. The van der Waals surface area contributed by atoms with Crippen molar-refractivity contribution in [3.05, 3.63) is 0 Å². The largest absolute Gasteiger partial charge is 0.444 e. The molecule has 1 spiro atoms. The average Bonchev–Trinajstić information content (AvgIpc) is 2.28. The molecule has 0 saturated heterocycles. The van der Waals surface area contributed by atoms with Crippen molar-refractivity contribution in [1.29, 1.82) is 0 Å².